The lowest BCUT2D eigenvalue weighted by Crippen LogP contribution is -2.59. The minimum absolute atomic E-state index is 0.00452. The molecule has 304 valence electrons. The molecular weight excluding hydrogens is 752 g/mol. The summed E-state index contributed by atoms with van der Waals surface area (Å²) in [5, 5.41) is 5.25. The number of hydrogen-bond donors (Lipinski definition) is 3. The molecule has 2 aliphatic heterocycles. The molecule has 13 nitrogen and oxygen atoms in total. The highest BCUT2D eigenvalue weighted by Gasteiger charge is 2.64. The van der Waals surface area contributed by atoms with E-state index in [2.05, 4.69) is 10.6 Å². The number of rotatable bonds is 7. The maximum Gasteiger partial charge on any atom is 0.417 e. The van der Waals surface area contributed by atoms with Gasteiger partial charge in [-0.3, -0.25) is 19.1 Å². The molecule has 4 aliphatic rings. The predicted molar refractivity (Wildman–Crippen MR) is 189 cm³/mol. The Morgan fingerprint density at radius 1 is 1.05 bits per heavy atom. The van der Waals surface area contributed by atoms with E-state index in [0.717, 1.165) is 17.0 Å². The third-order valence-electron chi connectivity index (χ3n) is 10.7. The summed E-state index contributed by atoms with van der Waals surface area (Å²) in [4.78, 5) is 69.9. The van der Waals surface area contributed by atoms with Crippen LogP contribution in [0, 0.1) is 17.8 Å². The molecule has 2 heterocycles. The molecule has 0 aromatic heterocycles. The second kappa shape index (κ2) is 15.4. The molecule has 0 spiro atoms. The molecule has 55 heavy (non-hydrogen) atoms. The fraction of sp³-hybridized carbons (Fsp3) is 0.649. The number of nitrogens with one attached hydrogen (secondary N) is 3. The maximum atomic E-state index is 14.5. The van der Waals surface area contributed by atoms with E-state index in [9.17, 15) is 50.0 Å². The molecule has 0 radical (unpaired) electrons. The highest BCUT2D eigenvalue weighted by molar-refractivity contribution is 7.91. The molecule has 1 unspecified atom stereocenters. The summed E-state index contributed by atoms with van der Waals surface area (Å²) in [5.74, 6) is -5.36. The minimum Gasteiger partial charge on any atom is -0.457 e. The van der Waals surface area contributed by atoms with Gasteiger partial charge >= 0.3 is 18.2 Å². The number of allylic oxidation sites excluding steroid dienone is 1. The number of nitrogens with zero attached hydrogens (tertiary/aromatic N) is 1. The van der Waals surface area contributed by atoms with Gasteiger partial charge in [-0.2, -0.15) is 13.2 Å². The van der Waals surface area contributed by atoms with Gasteiger partial charge in [0.15, 0.2) is 0 Å². The molecule has 7 atom stereocenters. The van der Waals surface area contributed by atoms with Gasteiger partial charge < -0.3 is 25.0 Å². The monoisotopic (exact) mass is 800 g/mol. The second-order valence-electron chi connectivity index (χ2n) is 16.3. The Morgan fingerprint density at radius 3 is 2.35 bits per heavy atom. The predicted octanol–water partition coefficient (Wildman–Crippen LogP) is 4.56. The zero-order chi connectivity index (χ0) is 40.7. The van der Waals surface area contributed by atoms with Crippen LogP contribution in [0.2, 0.25) is 0 Å². The SMILES string of the molecule is C[C@H]1CC/C=C\C2C[C@@]2(C(=O)NS(=O)(=O)C2(CF)CC2)NC(=O)[C@@H]2C[C@@H](OC(=O)c3ccccc3C(F)(F)F)CN2C(=O)[C@@H](NC(=O)OC(C)(C)C)[C@H](C)C1. The molecule has 3 N–H and O–H groups in total. The average Bonchev–Trinajstić information content (AvgIpc) is 3.98. The number of carbonyl (C=O) groups excluding carboxylic acids is 5. The molecule has 1 aromatic carbocycles. The van der Waals surface area contributed by atoms with Gasteiger partial charge in [0, 0.05) is 12.3 Å². The molecule has 3 fully saturated rings. The van der Waals surface area contributed by atoms with E-state index >= 15 is 0 Å². The molecule has 5 rings (SSSR count). The number of carbonyl (C=O) groups is 5. The normalized spacial score (nSPS) is 30.3. The van der Waals surface area contributed by atoms with Crippen LogP contribution in [0.25, 0.3) is 0 Å². The van der Waals surface area contributed by atoms with Gasteiger partial charge in [0.05, 0.1) is 17.7 Å². The van der Waals surface area contributed by atoms with Crippen LogP contribution in [0.1, 0.15) is 95.5 Å². The minimum atomic E-state index is -4.90. The van der Waals surface area contributed by atoms with Crippen molar-refractivity contribution >= 4 is 39.8 Å². The topological polar surface area (TPSA) is 177 Å². The van der Waals surface area contributed by atoms with Crippen molar-refractivity contribution in [1.29, 1.82) is 0 Å². The van der Waals surface area contributed by atoms with Crippen LogP contribution in [-0.4, -0.2) is 90.4 Å². The molecule has 2 aliphatic carbocycles. The van der Waals surface area contributed by atoms with Gasteiger partial charge in [0.1, 0.15) is 40.7 Å². The van der Waals surface area contributed by atoms with Gasteiger partial charge in [-0.05, 0) is 83.3 Å². The summed E-state index contributed by atoms with van der Waals surface area (Å²) in [6, 6.07) is 1.21. The van der Waals surface area contributed by atoms with Crippen LogP contribution in [-0.2, 0) is 40.1 Å². The van der Waals surface area contributed by atoms with Crippen LogP contribution in [0.5, 0.6) is 0 Å². The zero-order valence-corrected chi connectivity index (χ0v) is 32.2. The summed E-state index contributed by atoms with van der Waals surface area (Å²) in [6.45, 7) is 6.90. The molecule has 1 saturated heterocycles. The number of alkyl carbamates (subject to hydrolysis) is 1. The van der Waals surface area contributed by atoms with Gasteiger partial charge in [-0.15, -0.1) is 0 Å². The number of esters is 1. The maximum absolute atomic E-state index is 14.5. The standard InChI is InChI=1S/C37H48F4N4O9S/c1-21-10-6-7-11-23-18-36(23,32(49)44-55(51,52)35(20-38)14-15-35)43-29(46)27-17-24(53-31(48)25-12-8-9-13-26(25)37(39,40)41)19-45(27)30(47)28(22(2)16-21)42-33(50)54-34(3,4)5/h7-9,11-13,21-24,27-28H,6,10,14-20H2,1-5H3,(H,42,50)(H,43,46)(H,44,49)/b11-7-/t21-,22+,23?,24+,27-,28-,36+/m0/s1. The largest absolute Gasteiger partial charge is 0.457 e. The Hall–Kier alpha value is -4.22. The third-order valence-corrected chi connectivity index (χ3v) is 12.8. The fourth-order valence-corrected chi connectivity index (χ4v) is 8.73. The van der Waals surface area contributed by atoms with Crippen LogP contribution >= 0.6 is 0 Å². The Bertz CT molecular complexity index is 1830. The van der Waals surface area contributed by atoms with E-state index in [1.54, 1.807) is 33.8 Å². The van der Waals surface area contributed by atoms with E-state index < -0.39 is 123 Å². The molecule has 0 bridgehead atoms. The second-order valence-corrected chi connectivity index (χ2v) is 18.4. The van der Waals surface area contributed by atoms with Crippen molar-refractivity contribution < 1.29 is 59.4 Å². The van der Waals surface area contributed by atoms with Crippen LogP contribution in [0.4, 0.5) is 22.4 Å². The highest BCUT2D eigenvalue weighted by atomic mass is 32.2. The number of sulfonamides is 1. The smallest absolute Gasteiger partial charge is 0.417 e. The number of fused-ring (bicyclic) bond motifs is 2. The quantitative estimate of drug-likeness (QED) is 0.203. The van der Waals surface area contributed by atoms with Crippen molar-refractivity contribution in [3.63, 3.8) is 0 Å². The first kappa shape index (κ1) is 41.9. The van der Waals surface area contributed by atoms with E-state index in [1.807, 2.05) is 17.7 Å². The van der Waals surface area contributed by atoms with Crippen LogP contribution in [0.3, 0.4) is 0 Å². The van der Waals surface area contributed by atoms with Crippen molar-refractivity contribution in [3.8, 4) is 0 Å². The van der Waals surface area contributed by atoms with Crippen molar-refractivity contribution in [2.24, 2.45) is 17.8 Å². The number of amides is 4. The van der Waals surface area contributed by atoms with Gasteiger partial charge in [0.2, 0.25) is 21.8 Å². The number of ether oxygens (including phenoxy) is 2. The summed E-state index contributed by atoms with van der Waals surface area (Å²) >= 11 is 0. The summed E-state index contributed by atoms with van der Waals surface area (Å²) in [6.07, 6.45) is -2.45. The summed E-state index contributed by atoms with van der Waals surface area (Å²) in [7, 11) is -4.48. The average molecular weight is 801 g/mol. The third kappa shape index (κ3) is 9.26. The van der Waals surface area contributed by atoms with E-state index in [4.69, 9.17) is 9.47 Å². The molecular formula is C37H48F4N4O9S. The van der Waals surface area contributed by atoms with E-state index in [0.29, 0.717) is 25.3 Å². The molecule has 2 saturated carbocycles. The lowest BCUT2D eigenvalue weighted by molar-refractivity contribution is -0.142. The van der Waals surface area contributed by atoms with Crippen LogP contribution in [0.15, 0.2) is 36.4 Å². The van der Waals surface area contributed by atoms with E-state index in [1.165, 1.54) is 6.07 Å². The number of alkyl halides is 4. The number of hydrogen-bond acceptors (Lipinski definition) is 9. The molecule has 4 amide bonds. The summed E-state index contributed by atoms with van der Waals surface area (Å²) < 4.78 is 92.4. The Balaban J connectivity index is 1.50. The van der Waals surface area contributed by atoms with Crippen molar-refractivity contribution in [3.05, 3.63) is 47.5 Å². The lowest BCUT2D eigenvalue weighted by Gasteiger charge is -2.33. The molecule has 1 aromatic rings. The van der Waals surface area contributed by atoms with Crippen molar-refractivity contribution in [2.45, 2.75) is 120 Å². The Morgan fingerprint density at radius 2 is 1.73 bits per heavy atom. The van der Waals surface area contributed by atoms with E-state index in [-0.39, 0.29) is 25.2 Å². The van der Waals surface area contributed by atoms with Crippen LogP contribution < -0.4 is 15.4 Å². The van der Waals surface area contributed by atoms with Gasteiger partial charge in [-0.1, -0.05) is 38.1 Å². The van der Waals surface area contributed by atoms with Gasteiger partial charge in [-0.25, -0.2) is 22.4 Å². The first-order valence-corrected chi connectivity index (χ1v) is 19.8. The lowest BCUT2D eigenvalue weighted by atomic mass is 9.88. The summed E-state index contributed by atoms with van der Waals surface area (Å²) in [5.41, 5.74) is -4.78. The Labute approximate surface area is 317 Å². The number of benzene rings is 1. The number of halogens is 4. The van der Waals surface area contributed by atoms with Crippen molar-refractivity contribution in [1.82, 2.24) is 20.3 Å². The fourth-order valence-electron chi connectivity index (χ4n) is 7.31. The van der Waals surface area contributed by atoms with Gasteiger partial charge in [0.25, 0.3) is 5.91 Å². The first-order valence-electron chi connectivity index (χ1n) is 18.3. The van der Waals surface area contributed by atoms with Crippen molar-refractivity contribution in [2.75, 3.05) is 13.2 Å². The Kier molecular flexibility index (Phi) is 11.7. The first-order chi connectivity index (χ1) is 25.5. The molecule has 18 heteroatoms. The zero-order valence-electron chi connectivity index (χ0n) is 31.3. The highest BCUT2D eigenvalue weighted by Crippen LogP contribution is 2.48.